The molecule has 3 aromatic rings. The van der Waals surface area contributed by atoms with Crippen LogP contribution in [0.5, 0.6) is 0 Å². The Labute approximate surface area is 174 Å². The third kappa shape index (κ3) is 4.21. The van der Waals surface area contributed by atoms with Crippen LogP contribution in [0, 0.1) is 5.82 Å². The van der Waals surface area contributed by atoms with Crippen molar-refractivity contribution in [3.63, 3.8) is 0 Å². The first-order valence-corrected chi connectivity index (χ1v) is 10.8. The Balaban J connectivity index is 1.58. The predicted molar refractivity (Wildman–Crippen MR) is 114 cm³/mol. The molecule has 0 radical (unpaired) electrons. The number of urea groups is 1. The molecule has 152 valence electrons. The average Bonchev–Trinajstić information content (AvgIpc) is 3.36. The summed E-state index contributed by atoms with van der Waals surface area (Å²) in [5, 5.41) is 7.03. The van der Waals surface area contributed by atoms with Crippen LogP contribution in [0.15, 0.2) is 48.8 Å². The smallest absolute Gasteiger partial charge is 0.319 e. The second-order valence-corrected chi connectivity index (χ2v) is 8.50. The van der Waals surface area contributed by atoms with E-state index in [4.69, 9.17) is 0 Å². The first-order chi connectivity index (χ1) is 14.0. The molecule has 0 saturated heterocycles. The van der Waals surface area contributed by atoms with Crippen LogP contribution in [0.1, 0.15) is 35.9 Å². The molecule has 5 nitrogen and oxygen atoms in total. The molecular weight excluding hydrogens is 387 g/mol. The predicted octanol–water partition coefficient (Wildman–Crippen LogP) is 3.52. The van der Waals surface area contributed by atoms with E-state index in [0.717, 1.165) is 26.1 Å². The zero-order chi connectivity index (χ0) is 20.4. The molecule has 1 aromatic carbocycles. The van der Waals surface area contributed by atoms with Crippen molar-refractivity contribution >= 4 is 23.1 Å². The topological polar surface area (TPSA) is 50.5 Å². The van der Waals surface area contributed by atoms with Crippen LogP contribution < -0.4 is 15.5 Å². The van der Waals surface area contributed by atoms with Crippen molar-refractivity contribution in [2.75, 3.05) is 18.4 Å². The van der Waals surface area contributed by atoms with Crippen LogP contribution in [0.4, 0.5) is 14.9 Å². The molecule has 3 N–H and O–H groups in total. The summed E-state index contributed by atoms with van der Waals surface area (Å²) >= 11 is 1.83. The number of carbonyl (C=O) groups excluding carboxylic acids is 1. The number of nitrogens with zero attached hydrogens (tertiary/aromatic N) is 1. The van der Waals surface area contributed by atoms with Gasteiger partial charge in [-0.2, -0.15) is 0 Å². The Kier molecular flexibility index (Phi) is 5.69. The summed E-state index contributed by atoms with van der Waals surface area (Å²) in [6.45, 7) is 7.54. The van der Waals surface area contributed by atoms with Crippen LogP contribution in [0.3, 0.4) is 0 Å². The maximum absolute atomic E-state index is 13.1. The number of rotatable bonds is 5. The number of fused-ring (bicyclic) bond motifs is 1. The normalized spacial score (nSPS) is 16.9. The molecular formula is C22H26FN4OS+. The van der Waals surface area contributed by atoms with E-state index in [1.165, 1.54) is 33.1 Å². The highest BCUT2D eigenvalue weighted by Crippen LogP contribution is 2.37. The first-order valence-electron chi connectivity index (χ1n) is 9.99. The van der Waals surface area contributed by atoms with Gasteiger partial charge in [0.25, 0.3) is 0 Å². The van der Waals surface area contributed by atoms with E-state index in [-0.39, 0.29) is 17.9 Å². The summed E-state index contributed by atoms with van der Waals surface area (Å²) in [6.07, 6.45) is 5.13. The molecule has 1 aliphatic rings. The molecule has 7 heteroatoms. The molecule has 2 atom stereocenters. The Bertz CT molecular complexity index is 981. The minimum atomic E-state index is -0.325. The van der Waals surface area contributed by atoms with Gasteiger partial charge in [0, 0.05) is 30.1 Å². The van der Waals surface area contributed by atoms with Crippen LogP contribution >= 0.6 is 11.3 Å². The van der Waals surface area contributed by atoms with Gasteiger partial charge in [0.15, 0.2) is 0 Å². The molecule has 0 fully saturated rings. The number of nitrogens with one attached hydrogen (secondary N) is 3. The van der Waals surface area contributed by atoms with Gasteiger partial charge in [0.1, 0.15) is 17.4 Å². The van der Waals surface area contributed by atoms with Crippen LogP contribution in [-0.2, 0) is 13.0 Å². The number of aromatic nitrogens is 1. The van der Waals surface area contributed by atoms with Crippen LogP contribution in [0.2, 0.25) is 0 Å². The number of anilines is 1. The zero-order valence-corrected chi connectivity index (χ0v) is 17.5. The summed E-state index contributed by atoms with van der Waals surface area (Å²) in [4.78, 5) is 15.6. The average molecular weight is 414 g/mol. The quantitative estimate of drug-likeness (QED) is 0.589. The minimum absolute atomic E-state index is 0.143. The molecule has 2 aromatic heterocycles. The second-order valence-electron chi connectivity index (χ2n) is 7.42. The molecule has 29 heavy (non-hydrogen) atoms. The molecule has 0 spiro atoms. The van der Waals surface area contributed by atoms with E-state index < -0.39 is 0 Å². The van der Waals surface area contributed by atoms with Gasteiger partial charge in [-0.05, 0) is 55.8 Å². The third-order valence-electron chi connectivity index (χ3n) is 5.47. The van der Waals surface area contributed by atoms with E-state index in [2.05, 4.69) is 34.5 Å². The largest absolute Gasteiger partial charge is 0.331 e. The fourth-order valence-electron chi connectivity index (χ4n) is 3.93. The van der Waals surface area contributed by atoms with E-state index in [1.54, 1.807) is 17.0 Å². The molecule has 1 aliphatic heterocycles. The summed E-state index contributed by atoms with van der Waals surface area (Å²) in [7, 11) is 0. The highest BCUT2D eigenvalue weighted by molar-refractivity contribution is 7.14. The number of thiophene rings is 1. The standard InChI is InChI=1S/C22H25FN4OS/c1-3-26-13-10-18-19(14-26)29-21(27-11-4-5-12-27)20(18)15(2)24-22(28)25-17-8-6-16(23)7-9-17/h4-9,11-12,15H,3,10,13-14H2,1-2H3,(H2,24,25,28)/p+1. The van der Waals surface area contributed by atoms with E-state index >= 15 is 0 Å². The Morgan fingerprint density at radius 3 is 2.69 bits per heavy atom. The lowest BCUT2D eigenvalue weighted by Crippen LogP contribution is -3.11. The monoisotopic (exact) mass is 413 g/mol. The molecule has 0 aliphatic carbocycles. The molecule has 0 saturated carbocycles. The maximum atomic E-state index is 13.1. The van der Waals surface area contributed by atoms with Gasteiger partial charge < -0.3 is 20.1 Å². The Morgan fingerprint density at radius 1 is 1.28 bits per heavy atom. The van der Waals surface area contributed by atoms with Crippen molar-refractivity contribution in [1.29, 1.82) is 0 Å². The van der Waals surface area contributed by atoms with Crippen molar-refractivity contribution in [2.45, 2.75) is 32.9 Å². The number of benzene rings is 1. The molecule has 3 heterocycles. The van der Waals surface area contributed by atoms with Crippen molar-refractivity contribution < 1.29 is 14.1 Å². The summed E-state index contributed by atoms with van der Waals surface area (Å²) in [6, 6.07) is 9.38. The maximum Gasteiger partial charge on any atom is 0.319 e. The van der Waals surface area contributed by atoms with Gasteiger partial charge >= 0.3 is 6.03 Å². The number of hydrogen-bond acceptors (Lipinski definition) is 2. The van der Waals surface area contributed by atoms with Gasteiger partial charge in [0.05, 0.1) is 24.0 Å². The SMILES string of the molecule is CC[NH+]1CCc2c(sc(-n3cccc3)c2C(C)NC(=O)Nc2ccc(F)cc2)C1. The number of likely N-dealkylation sites (N-methyl/N-ethyl adjacent to an activating group) is 1. The number of halogens is 1. The van der Waals surface area contributed by atoms with Gasteiger partial charge in [-0.25, -0.2) is 9.18 Å². The second kappa shape index (κ2) is 8.39. The summed E-state index contributed by atoms with van der Waals surface area (Å²) in [5.74, 6) is -0.325. The minimum Gasteiger partial charge on any atom is -0.331 e. The van der Waals surface area contributed by atoms with Gasteiger partial charge in [-0.15, -0.1) is 11.3 Å². The van der Waals surface area contributed by atoms with Crippen molar-refractivity contribution in [2.24, 2.45) is 0 Å². The molecule has 0 bridgehead atoms. The highest BCUT2D eigenvalue weighted by atomic mass is 32.1. The summed E-state index contributed by atoms with van der Waals surface area (Å²) < 4.78 is 15.2. The molecule has 4 rings (SSSR count). The van der Waals surface area contributed by atoms with E-state index in [9.17, 15) is 9.18 Å². The Morgan fingerprint density at radius 2 is 2.00 bits per heavy atom. The summed E-state index contributed by atoms with van der Waals surface area (Å²) in [5.41, 5.74) is 3.15. The van der Waals surface area contributed by atoms with E-state index in [0.29, 0.717) is 5.69 Å². The number of amides is 2. The lowest BCUT2D eigenvalue weighted by atomic mass is 9.98. The van der Waals surface area contributed by atoms with Crippen molar-refractivity contribution in [3.8, 4) is 5.00 Å². The fraction of sp³-hybridized carbons (Fsp3) is 0.318. The number of quaternary nitrogens is 1. The van der Waals surface area contributed by atoms with Crippen LogP contribution in [0.25, 0.3) is 5.00 Å². The third-order valence-corrected chi connectivity index (χ3v) is 6.73. The first kappa shape index (κ1) is 19.7. The van der Waals surface area contributed by atoms with Crippen molar-refractivity contribution in [3.05, 3.63) is 70.6 Å². The molecule has 2 unspecified atom stereocenters. The van der Waals surface area contributed by atoms with Gasteiger partial charge in [0.2, 0.25) is 0 Å². The zero-order valence-electron chi connectivity index (χ0n) is 16.7. The molecule has 2 amide bonds. The fourth-order valence-corrected chi connectivity index (χ4v) is 5.41. The van der Waals surface area contributed by atoms with Crippen LogP contribution in [-0.4, -0.2) is 23.7 Å². The number of carbonyl (C=O) groups is 1. The van der Waals surface area contributed by atoms with E-state index in [1.807, 2.05) is 30.4 Å². The lowest BCUT2D eigenvalue weighted by molar-refractivity contribution is -0.913. The van der Waals surface area contributed by atoms with Crippen molar-refractivity contribution in [1.82, 2.24) is 9.88 Å². The lowest BCUT2D eigenvalue weighted by Gasteiger charge is -2.24. The number of hydrogen-bond donors (Lipinski definition) is 3. The van der Waals surface area contributed by atoms with Gasteiger partial charge in [-0.3, -0.25) is 0 Å². The Hall–Kier alpha value is -2.64. The van der Waals surface area contributed by atoms with Gasteiger partial charge in [-0.1, -0.05) is 0 Å². The highest BCUT2D eigenvalue weighted by Gasteiger charge is 2.29.